The zero-order valence-corrected chi connectivity index (χ0v) is 15.2. The van der Waals surface area contributed by atoms with Gasteiger partial charge in [0.15, 0.2) is 0 Å². The van der Waals surface area contributed by atoms with Gasteiger partial charge in [0.1, 0.15) is 4.88 Å². The molecule has 0 aliphatic carbocycles. The first-order chi connectivity index (χ1) is 11.7. The first-order valence-electron chi connectivity index (χ1n) is 8.72. The number of rotatable bonds is 6. The summed E-state index contributed by atoms with van der Waals surface area (Å²) in [6.07, 6.45) is 7.84. The normalized spacial score (nSPS) is 17.4. The molecule has 2 aromatic heterocycles. The molecule has 0 aromatic carbocycles. The lowest BCUT2D eigenvalue weighted by Crippen LogP contribution is -2.35. The molecule has 128 valence electrons. The van der Waals surface area contributed by atoms with Crippen molar-refractivity contribution < 1.29 is 4.79 Å². The molecule has 6 heteroatoms. The minimum Gasteiger partial charge on any atom is -0.335 e. The van der Waals surface area contributed by atoms with Gasteiger partial charge < -0.3 is 4.90 Å². The number of hydrogen-bond acceptors (Lipinski definition) is 5. The molecule has 0 spiro atoms. The highest BCUT2D eigenvalue weighted by molar-refractivity contribution is 7.08. The van der Waals surface area contributed by atoms with Gasteiger partial charge in [-0.25, -0.2) is 0 Å². The Morgan fingerprint density at radius 2 is 2.29 bits per heavy atom. The van der Waals surface area contributed by atoms with E-state index in [1.807, 2.05) is 18.0 Å². The second-order valence-corrected chi connectivity index (χ2v) is 7.19. The second-order valence-electron chi connectivity index (χ2n) is 6.44. The van der Waals surface area contributed by atoms with E-state index < -0.39 is 0 Å². The van der Waals surface area contributed by atoms with E-state index in [1.54, 1.807) is 0 Å². The smallest absolute Gasteiger partial charge is 0.267 e. The van der Waals surface area contributed by atoms with Gasteiger partial charge in [-0.05, 0) is 68.3 Å². The Morgan fingerprint density at radius 3 is 3.08 bits per heavy atom. The molecule has 0 N–H and O–H groups in total. The minimum absolute atomic E-state index is 0.127. The van der Waals surface area contributed by atoms with Crippen molar-refractivity contribution in [2.24, 2.45) is 0 Å². The van der Waals surface area contributed by atoms with E-state index in [-0.39, 0.29) is 5.91 Å². The van der Waals surface area contributed by atoms with Crippen LogP contribution in [0.2, 0.25) is 0 Å². The summed E-state index contributed by atoms with van der Waals surface area (Å²) in [6, 6.07) is 4.52. The van der Waals surface area contributed by atoms with Gasteiger partial charge in [0.2, 0.25) is 0 Å². The van der Waals surface area contributed by atoms with Crippen LogP contribution in [0.5, 0.6) is 0 Å². The Labute approximate surface area is 147 Å². The molecule has 1 aliphatic rings. The third-order valence-electron chi connectivity index (χ3n) is 4.60. The van der Waals surface area contributed by atoms with Crippen LogP contribution in [0.4, 0.5) is 0 Å². The molecule has 24 heavy (non-hydrogen) atoms. The van der Waals surface area contributed by atoms with Crippen molar-refractivity contribution in [1.29, 1.82) is 0 Å². The van der Waals surface area contributed by atoms with Gasteiger partial charge in [-0.15, -0.1) is 5.10 Å². The van der Waals surface area contributed by atoms with Crippen molar-refractivity contribution >= 4 is 17.4 Å². The van der Waals surface area contributed by atoms with Crippen molar-refractivity contribution in [3.8, 4) is 0 Å². The van der Waals surface area contributed by atoms with Crippen LogP contribution in [-0.2, 0) is 12.8 Å². The fraction of sp³-hybridized carbons (Fsp3) is 0.556. The highest BCUT2D eigenvalue weighted by Crippen LogP contribution is 2.26. The summed E-state index contributed by atoms with van der Waals surface area (Å²) in [5.74, 6) is 0.127. The molecule has 1 aliphatic heterocycles. The number of nitrogens with zero attached hydrogens (tertiary/aromatic N) is 4. The van der Waals surface area contributed by atoms with Crippen LogP contribution in [-0.4, -0.2) is 38.0 Å². The van der Waals surface area contributed by atoms with E-state index in [4.69, 9.17) is 0 Å². The van der Waals surface area contributed by atoms with E-state index in [0.717, 1.165) is 61.3 Å². The van der Waals surface area contributed by atoms with Crippen molar-refractivity contribution in [3.63, 3.8) is 0 Å². The van der Waals surface area contributed by atoms with Gasteiger partial charge in [0.05, 0.1) is 5.69 Å². The van der Waals surface area contributed by atoms with Gasteiger partial charge in [-0.3, -0.25) is 9.78 Å². The molecule has 1 amide bonds. The summed E-state index contributed by atoms with van der Waals surface area (Å²) < 4.78 is 4.00. The lowest BCUT2D eigenvalue weighted by Gasteiger charge is -2.24. The molecular formula is C18H24N4OS. The van der Waals surface area contributed by atoms with Crippen LogP contribution in [0.1, 0.15) is 59.2 Å². The SMILES string of the molecule is CCCc1nnsc1C(=O)N1CCC[C@@H]1CCc1ccnc(C)c1. The number of pyridine rings is 1. The van der Waals surface area contributed by atoms with E-state index in [1.165, 1.54) is 17.1 Å². The standard InChI is InChI=1S/C18H24N4OS/c1-3-5-16-17(24-21-20-16)18(23)22-11-4-6-15(22)8-7-14-9-10-19-13(2)12-14/h9-10,12,15H,3-8,11H2,1-2H3/t15-/m1/s1. The molecule has 1 saturated heterocycles. The minimum atomic E-state index is 0.127. The third kappa shape index (κ3) is 3.80. The van der Waals surface area contributed by atoms with Crippen molar-refractivity contribution in [2.45, 2.75) is 58.4 Å². The first-order valence-corrected chi connectivity index (χ1v) is 9.50. The Kier molecular flexibility index (Phi) is 5.56. The van der Waals surface area contributed by atoms with Gasteiger partial charge in [-0.1, -0.05) is 17.8 Å². The maximum absolute atomic E-state index is 12.9. The highest BCUT2D eigenvalue weighted by atomic mass is 32.1. The lowest BCUT2D eigenvalue weighted by atomic mass is 10.0. The molecule has 5 nitrogen and oxygen atoms in total. The van der Waals surface area contributed by atoms with Crippen molar-refractivity contribution in [3.05, 3.63) is 40.2 Å². The quantitative estimate of drug-likeness (QED) is 0.805. The fourth-order valence-corrected chi connectivity index (χ4v) is 4.06. The summed E-state index contributed by atoms with van der Waals surface area (Å²) in [5.41, 5.74) is 3.21. The van der Waals surface area contributed by atoms with Gasteiger partial charge in [-0.2, -0.15) is 0 Å². The molecule has 3 heterocycles. The molecule has 0 bridgehead atoms. The molecule has 2 aromatic rings. The topological polar surface area (TPSA) is 59.0 Å². The zero-order valence-electron chi connectivity index (χ0n) is 14.4. The number of amides is 1. The Balaban J connectivity index is 1.66. The molecule has 1 fully saturated rings. The molecule has 0 radical (unpaired) electrons. The number of carbonyl (C=O) groups is 1. The second kappa shape index (κ2) is 7.83. The predicted molar refractivity (Wildman–Crippen MR) is 95.3 cm³/mol. The van der Waals surface area contributed by atoms with Crippen molar-refractivity contribution in [2.75, 3.05) is 6.54 Å². The van der Waals surface area contributed by atoms with Crippen molar-refractivity contribution in [1.82, 2.24) is 19.5 Å². The Hall–Kier alpha value is -1.82. The van der Waals surface area contributed by atoms with Crippen LogP contribution in [0.15, 0.2) is 18.3 Å². The number of carbonyl (C=O) groups excluding carboxylic acids is 1. The number of aromatic nitrogens is 3. The lowest BCUT2D eigenvalue weighted by molar-refractivity contribution is 0.0734. The highest BCUT2D eigenvalue weighted by Gasteiger charge is 2.31. The largest absolute Gasteiger partial charge is 0.335 e. The van der Waals surface area contributed by atoms with Gasteiger partial charge in [0.25, 0.3) is 5.91 Å². The maximum Gasteiger partial charge on any atom is 0.267 e. The van der Waals surface area contributed by atoms with Gasteiger partial charge in [0, 0.05) is 24.5 Å². The Bertz CT molecular complexity index is 700. The van der Waals surface area contributed by atoms with Crippen LogP contribution < -0.4 is 0 Å². The van der Waals surface area contributed by atoms with E-state index in [2.05, 4.69) is 33.6 Å². The number of aryl methyl sites for hydroxylation is 3. The van der Waals surface area contributed by atoms with Crippen LogP contribution in [0, 0.1) is 6.92 Å². The summed E-state index contributed by atoms with van der Waals surface area (Å²) in [5, 5.41) is 4.14. The molecule has 0 unspecified atom stereocenters. The zero-order chi connectivity index (χ0) is 16.9. The first kappa shape index (κ1) is 17.0. The van der Waals surface area contributed by atoms with Crippen LogP contribution in [0.25, 0.3) is 0 Å². The molecule has 3 rings (SSSR count). The molecule has 1 atom stereocenters. The average molecular weight is 344 g/mol. The summed E-state index contributed by atoms with van der Waals surface area (Å²) in [7, 11) is 0. The van der Waals surface area contributed by atoms with E-state index in [9.17, 15) is 4.79 Å². The monoisotopic (exact) mass is 344 g/mol. The number of hydrogen-bond donors (Lipinski definition) is 0. The molecular weight excluding hydrogens is 320 g/mol. The maximum atomic E-state index is 12.9. The summed E-state index contributed by atoms with van der Waals surface area (Å²) in [6.45, 7) is 4.96. The molecule has 0 saturated carbocycles. The van der Waals surface area contributed by atoms with Crippen LogP contribution in [0.3, 0.4) is 0 Å². The van der Waals surface area contributed by atoms with E-state index >= 15 is 0 Å². The van der Waals surface area contributed by atoms with E-state index in [0.29, 0.717) is 6.04 Å². The Morgan fingerprint density at radius 1 is 1.42 bits per heavy atom. The number of likely N-dealkylation sites (tertiary alicyclic amines) is 1. The van der Waals surface area contributed by atoms with Gasteiger partial charge >= 0.3 is 0 Å². The predicted octanol–water partition coefficient (Wildman–Crippen LogP) is 3.43. The summed E-state index contributed by atoms with van der Waals surface area (Å²) in [4.78, 5) is 20.0. The summed E-state index contributed by atoms with van der Waals surface area (Å²) >= 11 is 1.24. The van der Waals surface area contributed by atoms with Crippen LogP contribution >= 0.6 is 11.5 Å². The fourth-order valence-electron chi connectivity index (χ4n) is 3.40. The third-order valence-corrected chi connectivity index (χ3v) is 5.36. The average Bonchev–Trinajstić information content (AvgIpc) is 3.22.